The van der Waals surface area contributed by atoms with E-state index < -0.39 is 0 Å². The molecule has 1 N–H and O–H groups in total. The lowest BCUT2D eigenvalue weighted by Gasteiger charge is -2.35. The fourth-order valence-electron chi connectivity index (χ4n) is 3.67. The minimum absolute atomic E-state index is 0. The van der Waals surface area contributed by atoms with Gasteiger partial charge in [0.25, 0.3) is 0 Å². The molecule has 0 bridgehead atoms. The van der Waals surface area contributed by atoms with Crippen LogP contribution in [0.3, 0.4) is 0 Å². The number of aliphatic hydroxyl groups excluding tert-OH is 1. The molecule has 1 unspecified atom stereocenters. The van der Waals surface area contributed by atoms with Crippen molar-refractivity contribution in [1.29, 1.82) is 0 Å². The van der Waals surface area contributed by atoms with Gasteiger partial charge in [0, 0.05) is 6.92 Å². The second-order valence-corrected chi connectivity index (χ2v) is 9.00. The largest absolute Gasteiger partial charge is 1.00 e. The number of ether oxygens (including phenoxy) is 1. The maximum absolute atomic E-state index is 8.87. The third-order valence-electron chi connectivity index (χ3n) is 6.02. The number of nitrogens with zero attached hydrogens (tertiary/aromatic N) is 1. The van der Waals surface area contributed by atoms with Gasteiger partial charge in [0.05, 0.1) is 33.9 Å². The molecule has 28 heavy (non-hydrogen) atoms. The Labute approximate surface area is 183 Å². The maximum Gasteiger partial charge on any atom is 0.190 e. The highest BCUT2D eigenvalue weighted by Gasteiger charge is 2.23. The lowest BCUT2D eigenvalue weighted by Crippen LogP contribution is -3.00. The number of quaternary nitrogens is 1. The average Bonchev–Trinajstić information content (AvgIpc) is 2.65. The van der Waals surface area contributed by atoms with E-state index in [9.17, 15) is 0 Å². The molecule has 1 atom stereocenters. The molecule has 0 rings (SSSR count). The molecule has 0 aromatic rings. The Morgan fingerprint density at radius 2 is 1.04 bits per heavy atom. The maximum atomic E-state index is 8.87. The quantitative estimate of drug-likeness (QED) is 0.174. The van der Waals surface area contributed by atoms with Gasteiger partial charge in [0.2, 0.25) is 0 Å². The van der Waals surface area contributed by atoms with Crippen LogP contribution in [-0.2, 0) is 4.74 Å². The molecule has 3 nitrogen and oxygen atoms in total. The summed E-state index contributed by atoms with van der Waals surface area (Å²) in [5, 5.41) is 8.87. The molecule has 0 aromatic heterocycles. The van der Waals surface area contributed by atoms with Gasteiger partial charge in [-0.1, -0.05) is 96.8 Å². The average molecular weight is 422 g/mol. The lowest BCUT2D eigenvalue weighted by atomic mass is 10.0. The summed E-state index contributed by atoms with van der Waals surface area (Å²) in [4.78, 5) is 0. The molecule has 0 spiro atoms. The molecule has 0 aliphatic carbocycles. The van der Waals surface area contributed by atoms with Crippen LogP contribution in [0, 0.1) is 0 Å². The third-order valence-corrected chi connectivity index (χ3v) is 6.02. The summed E-state index contributed by atoms with van der Waals surface area (Å²) in [6.07, 6.45) is 22.8. The van der Waals surface area contributed by atoms with Gasteiger partial charge in [-0.2, -0.15) is 0 Å². The summed E-state index contributed by atoms with van der Waals surface area (Å²) < 4.78 is 6.55. The van der Waals surface area contributed by atoms with Crippen LogP contribution in [0.25, 0.3) is 0 Å². The first-order valence-electron chi connectivity index (χ1n) is 12.1. The molecule has 0 heterocycles. The molecule has 4 heteroatoms. The predicted molar refractivity (Wildman–Crippen MR) is 119 cm³/mol. The molecular formula is C24H52ClNO2. The van der Waals surface area contributed by atoms with E-state index in [2.05, 4.69) is 27.9 Å². The minimum Gasteiger partial charge on any atom is -1.00 e. The smallest absolute Gasteiger partial charge is 0.190 e. The SMILES string of the molecule is CCCCCCCCCCCCCCCCCC[N+](C)(C)C(C)OCCO.[Cl-]. The van der Waals surface area contributed by atoms with Crippen molar-refractivity contribution in [2.24, 2.45) is 0 Å². The summed E-state index contributed by atoms with van der Waals surface area (Å²) in [6.45, 7) is 6.12. The van der Waals surface area contributed by atoms with Gasteiger partial charge in [0.1, 0.15) is 0 Å². The molecule has 0 aliphatic rings. The topological polar surface area (TPSA) is 29.5 Å². The van der Waals surface area contributed by atoms with E-state index in [1.807, 2.05) is 0 Å². The van der Waals surface area contributed by atoms with Crippen molar-refractivity contribution >= 4 is 0 Å². The fourth-order valence-corrected chi connectivity index (χ4v) is 3.67. The molecule has 172 valence electrons. The normalized spacial score (nSPS) is 12.8. The number of rotatable bonds is 21. The van der Waals surface area contributed by atoms with Crippen molar-refractivity contribution in [2.45, 2.75) is 123 Å². The molecule has 0 saturated carbocycles. The van der Waals surface area contributed by atoms with Gasteiger partial charge in [-0.3, -0.25) is 0 Å². The summed E-state index contributed by atoms with van der Waals surface area (Å²) in [6, 6.07) is 0. The molecule has 0 aliphatic heterocycles. The van der Waals surface area contributed by atoms with Crippen LogP contribution < -0.4 is 12.4 Å². The van der Waals surface area contributed by atoms with Gasteiger partial charge in [-0.05, 0) is 12.8 Å². The van der Waals surface area contributed by atoms with Crippen LogP contribution in [0.4, 0.5) is 0 Å². The van der Waals surface area contributed by atoms with Crippen molar-refractivity contribution in [3.63, 3.8) is 0 Å². The van der Waals surface area contributed by atoms with E-state index in [-0.39, 0.29) is 25.2 Å². The molecular weight excluding hydrogens is 370 g/mol. The highest BCUT2D eigenvalue weighted by molar-refractivity contribution is 4.50. The van der Waals surface area contributed by atoms with Crippen molar-refractivity contribution in [1.82, 2.24) is 0 Å². The molecule has 0 radical (unpaired) electrons. The highest BCUT2D eigenvalue weighted by atomic mass is 35.5. The lowest BCUT2D eigenvalue weighted by molar-refractivity contribution is -0.935. The Hall–Kier alpha value is 0.170. The van der Waals surface area contributed by atoms with Crippen molar-refractivity contribution < 1.29 is 26.7 Å². The van der Waals surface area contributed by atoms with Gasteiger partial charge >= 0.3 is 0 Å². The van der Waals surface area contributed by atoms with Crippen LogP contribution in [0.2, 0.25) is 0 Å². The monoisotopic (exact) mass is 421 g/mol. The number of halogens is 1. The number of hydrogen-bond acceptors (Lipinski definition) is 2. The Kier molecular flexibility index (Phi) is 23.7. The van der Waals surface area contributed by atoms with E-state index >= 15 is 0 Å². The van der Waals surface area contributed by atoms with E-state index in [1.165, 1.54) is 103 Å². The van der Waals surface area contributed by atoms with E-state index in [0.717, 1.165) is 11.0 Å². The van der Waals surface area contributed by atoms with Gasteiger partial charge in [0.15, 0.2) is 6.23 Å². The molecule has 0 amide bonds. The zero-order chi connectivity index (χ0) is 20.2. The van der Waals surface area contributed by atoms with Gasteiger partial charge < -0.3 is 26.7 Å². The van der Waals surface area contributed by atoms with Crippen LogP contribution in [0.1, 0.15) is 117 Å². The van der Waals surface area contributed by atoms with E-state index in [1.54, 1.807) is 0 Å². The zero-order valence-corrected chi connectivity index (χ0v) is 20.4. The molecule has 0 aromatic carbocycles. The number of unbranched alkanes of at least 4 members (excludes halogenated alkanes) is 15. The zero-order valence-electron chi connectivity index (χ0n) is 19.7. The van der Waals surface area contributed by atoms with Crippen LogP contribution in [0.15, 0.2) is 0 Å². The van der Waals surface area contributed by atoms with Crippen LogP contribution >= 0.6 is 0 Å². The van der Waals surface area contributed by atoms with E-state index in [4.69, 9.17) is 9.84 Å². The standard InChI is InChI=1S/C24H52NO2.ClH/c1-5-6-7-8-9-10-11-12-13-14-15-16-17-18-19-20-21-25(3,4)24(2)27-23-22-26;/h24,26H,5-23H2,1-4H3;1H/q+1;/p-1. The molecule has 0 fully saturated rings. The highest BCUT2D eigenvalue weighted by Crippen LogP contribution is 2.15. The van der Waals surface area contributed by atoms with Crippen molar-refractivity contribution in [3.05, 3.63) is 0 Å². The number of aliphatic hydroxyl groups is 1. The predicted octanol–water partition coefficient (Wildman–Crippen LogP) is 3.68. The minimum atomic E-state index is 0. The van der Waals surface area contributed by atoms with Gasteiger partial charge in [-0.15, -0.1) is 0 Å². The van der Waals surface area contributed by atoms with Crippen molar-refractivity contribution in [2.75, 3.05) is 33.9 Å². The summed E-state index contributed by atoms with van der Waals surface area (Å²) in [5.41, 5.74) is 0. The Bertz CT molecular complexity index is 300. The van der Waals surface area contributed by atoms with Crippen molar-refractivity contribution in [3.8, 4) is 0 Å². The fraction of sp³-hybridized carbons (Fsp3) is 1.00. The Balaban J connectivity index is 0. The van der Waals surface area contributed by atoms with Gasteiger partial charge in [-0.25, -0.2) is 0 Å². The van der Waals surface area contributed by atoms with E-state index in [0.29, 0.717) is 6.61 Å². The Morgan fingerprint density at radius 1 is 0.679 bits per heavy atom. The number of hydrogen-bond donors (Lipinski definition) is 1. The first kappa shape index (κ1) is 30.4. The third kappa shape index (κ3) is 19.5. The second kappa shape index (κ2) is 21.9. The first-order valence-corrected chi connectivity index (χ1v) is 12.1. The Morgan fingerprint density at radius 3 is 1.39 bits per heavy atom. The van der Waals surface area contributed by atoms with Crippen LogP contribution in [0.5, 0.6) is 0 Å². The summed E-state index contributed by atoms with van der Waals surface area (Å²) >= 11 is 0. The summed E-state index contributed by atoms with van der Waals surface area (Å²) in [5.74, 6) is 0. The molecule has 0 saturated heterocycles. The second-order valence-electron chi connectivity index (χ2n) is 9.00. The van der Waals surface area contributed by atoms with Crippen LogP contribution in [-0.4, -0.2) is 49.7 Å². The first-order chi connectivity index (χ1) is 13.0. The summed E-state index contributed by atoms with van der Waals surface area (Å²) in [7, 11) is 4.46.